The van der Waals surface area contributed by atoms with Crippen LogP contribution in [0.2, 0.25) is 0 Å². The predicted molar refractivity (Wildman–Crippen MR) is 70.5 cm³/mol. The van der Waals surface area contributed by atoms with E-state index in [-0.39, 0.29) is 12.4 Å². The van der Waals surface area contributed by atoms with Crippen LogP contribution in [0.25, 0.3) is 0 Å². The molecule has 0 amide bonds. The van der Waals surface area contributed by atoms with E-state index >= 15 is 0 Å². The maximum absolute atomic E-state index is 11.8. The molecule has 0 unspecified atom stereocenters. The van der Waals surface area contributed by atoms with Gasteiger partial charge in [-0.1, -0.05) is 0 Å². The number of esters is 1. The van der Waals surface area contributed by atoms with E-state index in [9.17, 15) is 9.59 Å². The lowest BCUT2D eigenvalue weighted by molar-refractivity contribution is -0.136. The second-order valence-electron chi connectivity index (χ2n) is 3.86. The van der Waals surface area contributed by atoms with Crippen LogP contribution in [0.1, 0.15) is 28.6 Å². The van der Waals surface area contributed by atoms with Crippen LogP contribution in [0, 0.1) is 6.92 Å². The maximum atomic E-state index is 11.8. The quantitative estimate of drug-likeness (QED) is 0.803. The van der Waals surface area contributed by atoms with Crippen LogP contribution in [0.4, 0.5) is 5.00 Å². The zero-order valence-corrected chi connectivity index (χ0v) is 11.5. The number of anilines is 1. The van der Waals surface area contributed by atoms with Gasteiger partial charge in [-0.05, 0) is 19.9 Å². The number of carbonyl (C=O) groups excluding carboxylic acids is 1. The van der Waals surface area contributed by atoms with E-state index < -0.39 is 5.97 Å². The Morgan fingerprint density at radius 2 is 2.17 bits per heavy atom. The minimum atomic E-state index is -0.854. The number of carboxylic acid groups (broad SMARTS) is 1. The van der Waals surface area contributed by atoms with E-state index in [2.05, 4.69) is 0 Å². The molecule has 0 saturated heterocycles. The highest BCUT2D eigenvalue weighted by Gasteiger charge is 2.19. The molecule has 0 saturated carbocycles. The van der Waals surface area contributed by atoms with Gasteiger partial charge in [0.2, 0.25) is 0 Å². The Morgan fingerprint density at radius 3 is 2.72 bits per heavy atom. The minimum absolute atomic E-state index is 0.0374. The van der Waals surface area contributed by atoms with E-state index in [1.54, 1.807) is 24.9 Å². The van der Waals surface area contributed by atoms with Gasteiger partial charge in [-0.25, -0.2) is 4.79 Å². The summed E-state index contributed by atoms with van der Waals surface area (Å²) in [6.07, 6.45) is 0.0374. The number of hydrogen-bond donors (Lipinski definition) is 1. The largest absolute Gasteiger partial charge is 0.481 e. The van der Waals surface area contributed by atoms with Gasteiger partial charge in [0.05, 0.1) is 18.6 Å². The molecule has 0 aliphatic rings. The van der Waals surface area contributed by atoms with Gasteiger partial charge in [-0.2, -0.15) is 0 Å². The standard InChI is InChI=1S/C12H17NO4S/c1-4-17-12(16)9-7-8(2)18-11(9)13(3)6-5-10(14)15/h7H,4-6H2,1-3H3,(H,14,15). The second kappa shape index (κ2) is 6.39. The SMILES string of the molecule is CCOC(=O)c1cc(C)sc1N(C)CCC(=O)O. The topological polar surface area (TPSA) is 66.8 Å². The number of thiophene rings is 1. The van der Waals surface area contributed by atoms with Crippen molar-refractivity contribution in [2.75, 3.05) is 25.1 Å². The van der Waals surface area contributed by atoms with E-state index in [1.807, 2.05) is 6.92 Å². The highest BCUT2D eigenvalue weighted by Crippen LogP contribution is 2.31. The van der Waals surface area contributed by atoms with Crippen LogP contribution in [-0.2, 0) is 9.53 Å². The number of aliphatic carboxylic acids is 1. The van der Waals surface area contributed by atoms with Crippen LogP contribution in [0.15, 0.2) is 6.07 Å². The Morgan fingerprint density at radius 1 is 1.50 bits per heavy atom. The molecule has 1 heterocycles. The fourth-order valence-corrected chi connectivity index (χ4v) is 2.49. The van der Waals surface area contributed by atoms with Gasteiger partial charge >= 0.3 is 11.9 Å². The molecule has 0 radical (unpaired) electrons. The van der Waals surface area contributed by atoms with Crippen LogP contribution in [0.3, 0.4) is 0 Å². The summed E-state index contributed by atoms with van der Waals surface area (Å²) in [4.78, 5) is 25.1. The summed E-state index contributed by atoms with van der Waals surface area (Å²) in [6, 6.07) is 1.77. The summed E-state index contributed by atoms with van der Waals surface area (Å²) in [5.41, 5.74) is 0.507. The first-order valence-corrected chi connectivity index (χ1v) is 6.47. The smallest absolute Gasteiger partial charge is 0.341 e. The fraction of sp³-hybridized carbons (Fsp3) is 0.500. The van der Waals surface area contributed by atoms with E-state index in [0.717, 1.165) is 9.88 Å². The summed E-state index contributed by atoms with van der Waals surface area (Å²) in [5.74, 6) is -1.22. The Labute approximate surface area is 110 Å². The average molecular weight is 271 g/mol. The van der Waals surface area contributed by atoms with Gasteiger partial charge in [-0.15, -0.1) is 11.3 Å². The zero-order valence-electron chi connectivity index (χ0n) is 10.7. The Kier molecular flexibility index (Phi) is 5.15. The number of rotatable bonds is 6. The fourth-order valence-electron chi connectivity index (χ4n) is 1.51. The van der Waals surface area contributed by atoms with Crippen molar-refractivity contribution < 1.29 is 19.4 Å². The van der Waals surface area contributed by atoms with Gasteiger partial charge < -0.3 is 14.7 Å². The monoisotopic (exact) mass is 271 g/mol. The first kappa shape index (κ1) is 14.5. The van der Waals surface area contributed by atoms with Crippen LogP contribution in [-0.4, -0.2) is 37.2 Å². The molecule has 0 aliphatic heterocycles. The van der Waals surface area contributed by atoms with Crippen molar-refractivity contribution >= 4 is 28.3 Å². The Hall–Kier alpha value is -1.56. The molecule has 0 fully saturated rings. The van der Waals surface area contributed by atoms with Gasteiger partial charge in [-0.3, -0.25) is 4.79 Å². The summed E-state index contributed by atoms with van der Waals surface area (Å²) in [5, 5.41) is 9.42. The normalized spacial score (nSPS) is 10.2. The molecule has 0 aromatic carbocycles. The van der Waals surface area contributed by atoms with Crippen molar-refractivity contribution in [2.24, 2.45) is 0 Å². The Balaban J connectivity index is 2.86. The number of ether oxygens (including phenoxy) is 1. The van der Waals surface area contributed by atoms with Crippen molar-refractivity contribution in [3.8, 4) is 0 Å². The maximum Gasteiger partial charge on any atom is 0.341 e. The number of carbonyl (C=O) groups is 2. The van der Waals surface area contributed by atoms with Gasteiger partial charge in [0.25, 0.3) is 0 Å². The molecule has 1 aromatic heterocycles. The molecule has 18 heavy (non-hydrogen) atoms. The van der Waals surface area contributed by atoms with Crippen molar-refractivity contribution in [2.45, 2.75) is 20.3 Å². The molecule has 6 heteroatoms. The molecule has 0 aliphatic carbocycles. The van der Waals surface area contributed by atoms with Gasteiger partial charge in [0, 0.05) is 18.5 Å². The van der Waals surface area contributed by atoms with Crippen LogP contribution in [0.5, 0.6) is 0 Å². The van der Waals surface area contributed by atoms with Crippen molar-refractivity contribution in [1.29, 1.82) is 0 Å². The van der Waals surface area contributed by atoms with Crippen molar-refractivity contribution in [1.82, 2.24) is 0 Å². The first-order valence-electron chi connectivity index (χ1n) is 5.66. The molecular weight excluding hydrogens is 254 g/mol. The molecule has 0 atom stereocenters. The molecule has 5 nitrogen and oxygen atoms in total. The molecular formula is C12H17NO4S. The first-order chi connectivity index (χ1) is 8.45. The molecule has 100 valence electrons. The number of carboxylic acids is 1. The summed E-state index contributed by atoms with van der Waals surface area (Å²) in [7, 11) is 1.77. The number of aryl methyl sites for hydroxylation is 1. The second-order valence-corrected chi connectivity index (χ2v) is 5.10. The average Bonchev–Trinajstić information content (AvgIpc) is 2.68. The highest BCUT2D eigenvalue weighted by molar-refractivity contribution is 7.16. The lowest BCUT2D eigenvalue weighted by atomic mass is 10.3. The zero-order chi connectivity index (χ0) is 13.7. The lowest BCUT2D eigenvalue weighted by Gasteiger charge is -2.17. The Bertz CT molecular complexity index is 441. The predicted octanol–water partition coefficient (Wildman–Crippen LogP) is 2.14. The molecule has 1 N–H and O–H groups in total. The summed E-state index contributed by atoms with van der Waals surface area (Å²) < 4.78 is 4.98. The summed E-state index contributed by atoms with van der Waals surface area (Å²) >= 11 is 1.46. The van der Waals surface area contributed by atoms with Gasteiger partial charge in [0.15, 0.2) is 0 Å². The molecule has 1 aromatic rings. The summed E-state index contributed by atoms with van der Waals surface area (Å²) in [6.45, 7) is 4.35. The lowest BCUT2D eigenvalue weighted by Crippen LogP contribution is -2.22. The third-order valence-electron chi connectivity index (χ3n) is 2.34. The number of nitrogens with zero attached hydrogens (tertiary/aromatic N) is 1. The van der Waals surface area contributed by atoms with Crippen LogP contribution < -0.4 is 4.90 Å². The van der Waals surface area contributed by atoms with Crippen molar-refractivity contribution in [3.63, 3.8) is 0 Å². The van der Waals surface area contributed by atoms with Crippen molar-refractivity contribution in [3.05, 3.63) is 16.5 Å². The molecule has 1 rings (SSSR count). The third-order valence-corrected chi connectivity index (χ3v) is 3.50. The molecule has 0 bridgehead atoms. The van der Waals surface area contributed by atoms with E-state index in [0.29, 0.717) is 18.7 Å². The van der Waals surface area contributed by atoms with Gasteiger partial charge in [0.1, 0.15) is 5.00 Å². The van der Waals surface area contributed by atoms with E-state index in [1.165, 1.54) is 11.3 Å². The van der Waals surface area contributed by atoms with E-state index in [4.69, 9.17) is 9.84 Å². The van der Waals surface area contributed by atoms with Crippen LogP contribution >= 0.6 is 11.3 Å². The number of hydrogen-bond acceptors (Lipinski definition) is 5. The molecule has 0 spiro atoms. The minimum Gasteiger partial charge on any atom is -0.481 e. The highest BCUT2D eigenvalue weighted by atomic mass is 32.1. The third kappa shape index (κ3) is 3.73.